The molecule has 4 heteroatoms. The summed E-state index contributed by atoms with van der Waals surface area (Å²) >= 11 is 0. The molecule has 0 saturated carbocycles. The first-order chi connectivity index (χ1) is 7.13. The minimum absolute atomic E-state index is 0.0877. The maximum absolute atomic E-state index is 10.6. The molecule has 0 amide bonds. The van der Waals surface area contributed by atoms with Crippen LogP contribution in [0.25, 0.3) is 6.08 Å². The summed E-state index contributed by atoms with van der Waals surface area (Å²) in [6.07, 6.45) is 4.12. The van der Waals surface area contributed by atoms with Gasteiger partial charge in [-0.3, -0.25) is 10.1 Å². The van der Waals surface area contributed by atoms with Crippen molar-refractivity contribution in [2.45, 2.75) is 13.3 Å². The van der Waals surface area contributed by atoms with Crippen LogP contribution < -0.4 is 0 Å². The molecule has 80 valence electrons. The topological polar surface area (TPSA) is 63.4 Å². The quantitative estimate of drug-likeness (QED) is 0.608. The zero-order valence-electron chi connectivity index (χ0n) is 8.51. The van der Waals surface area contributed by atoms with Crippen molar-refractivity contribution >= 4 is 11.8 Å². The number of benzene rings is 1. The largest absolute Gasteiger partial charge is 0.396 e. The summed E-state index contributed by atoms with van der Waals surface area (Å²) in [6, 6.07) is 4.91. The van der Waals surface area contributed by atoms with Gasteiger partial charge in [-0.2, -0.15) is 0 Å². The molecule has 1 rings (SSSR count). The van der Waals surface area contributed by atoms with Crippen LogP contribution in [0.4, 0.5) is 5.69 Å². The van der Waals surface area contributed by atoms with E-state index in [0.717, 1.165) is 11.1 Å². The third-order valence-corrected chi connectivity index (χ3v) is 1.90. The van der Waals surface area contributed by atoms with Gasteiger partial charge in [0.1, 0.15) is 0 Å². The predicted molar refractivity (Wildman–Crippen MR) is 58.6 cm³/mol. The van der Waals surface area contributed by atoms with Crippen LogP contribution in [-0.2, 0) is 0 Å². The highest BCUT2D eigenvalue weighted by molar-refractivity contribution is 5.55. The smallest absolute Gasteiger partial charge is 0.270 e. The SMILES string of the molecule is Cc1cc(C=CCCO)cc([N+](=O)[O-])c1. The molecule has 0 atom stereocenters. The van der Waals surface area contributed by atoms with Gasteiger partial charge in [0, 0.05) is 18.7 Å². The number of rotatable bonds is 4. The molecule has 15 heavy (non-hydrogen) atoms. The molecule has 0 spiro atoms. The van der Waals surface area contributed by atoms with Gasteiger partial charge >= 0.3 is 0 Å². The van der Waals surface area contributed by atoms with Crippen LogP contribution in [0, 0.1) is 17.0 Å². The fourth-order valence-corrected chi connectivity index (χ4v) is 1.29. The maximum Gasteiger partial charge on any atom is 0.270 e. The zero-order valence-corrected chi connectivity index (χ0v) is 8.51. The Kier molecular flexibility index (Phi) is 4.00. The summed E-state index contributed by atoms with van der Waals surface area (Å²) in [5.74, 6) is 0. The molecule has 0 bridgehead atoms. The van der Waals surface area contributed by atoms with Gasteiger partial charge in [-0.1, -0.05) is 18.2 Å². The van der Waals surface area contributed by atoms with Crippen molar-refractivity contribution in [3.05, 3.63) is 45.5 Å². The minimum atomic E-state index is -0.406. The first-order valence-electron chi connectivity index (χ1n) is 4.67. The van der Waals surface area contributed by atoms with Crippen LogP contribution in [-0.4, -0.2) is 16.6 Å². The lowest BCUT2D eigenvalue weighted by Gasteiger charge is -1.97. The Morgan fingerprint density at radius 3 is 2.80 bits per heavy atom. The molecule has 0 saturated heterocycles. The number of aliphatic hydroxyl groups is 1. The van der Waals surface area contributed by atoms with Crippen molar-refractivity contribution in [1.82, 2.24) is 0 Å². The third-order valence-electron chi connectivity index (χ3n) is 1.90. The van der Waals surface area contributed by atoms with Crippen molar-refractivity contribution in [2.75, 3.05) is 6.61 Å². The first-order valence-corrected chi connectivity index (χ1v) is 4.67. The Hall–Kier alpha value is -1.68. The highest BCUT2D eigenvalue weighted by Gasteiger charge is 2.05. The van der Waals surface area contributed by atoms with E-state index < -0.39 is 4.92 Å². The Morgan fingerprint density at radius 2 is 2.20 bits per heavy atom. The summed E-state index contributed by atoms with van der Waals surface area (Å²) in [6.45, 7) is 1.90. The molecule has 4 nitrogen and oxygen atoms in total. The fraction of sp³-hybridized carbons (Fsp3) is 0.273. The van der Waals surface area contributed by atoms with Gasteiger partial charge in [0.25, 0.3) is 5.69 Å². The summed E-state index contributed by atoms with van der Waals surface area (Å²) in [5, 5.41) is 19.2. The van der Waals surface area contributed by atoms with E-state index in [2.05, 4.69) is 0 Å². The highest BCUT2D eigenvalue weighted by Crippen LogP contribution is 2.17. The summed E-state index contributed by atoms with van der Waals surface area (Å²) in [5.41, 5.74) is 1.74. The first kappa shape index (κ1) is 11.4. The van der Waals surface area contributed by atoms with Gasteiger partial charge in [-0.05, 0) is 24.5 Å². The molecule has 1 aromatic rings. The van der Waals surface area contributed by atoms with Crippen LogP contribution in [0.5, 0.6) is 0 Å². The van der Waals surface area contributed by atoms with Crippen molar-refractivity contribution in [2.24, 2.45) is 0 Å². The second-order valence-electron chi connectivity index (χ2n) is 3.27. The van der Waals surface area contributed by atoms with Crippen LogP contribution in [0.3, 0.4) is 0 Å². The van der Waals surface area contributed by atoms with Crippen LogP contribution >= 0.6 is 0 Å². The summed E-state index contributed by atoms with van der Waals surface area (Å²) in [4.78, 5) is 10.2. The number of hydrogen-bond acceptors (Lipinski definition) is 3. The zero-order chi connectivity index (χ0) is 11.3. The van der Waals surface area contributed by atoms with E-state index in [1.165, 1.54) is 12.1 Å². The third kappa shape index (κ3) is 3.52. The lowest BCUT2D eigenvalue weighted by atomic mass is 10.1. The second kappa shape index (κ2) is 5.26. The molecule has 0 heterocycles. The van der Waals surface area contributed by atoms with E-state index in [1.54, 1.807) is 12.2 Å². The van der Waals surface area contributed by atoms with Gasteiger partial charge in [0.05, 0.1) is 4.92 Å². The standard InChI is InChI=1S/C11H13NO3/c1-9-6-10(4-2-3-5-13)8-11(7-9)12(14)15/h2,4,6-8,13H,3,5H2,1H3. The highest BCUT2D eigenvalue weighted by atomic mass is 16.6. The molecular weight excluding hydrogens is 194 g/mol. The normalized spacial score (nSPS) is 10.8. The average Bonchev–Trinajstić information content (AvgIpc) is 2.17. The van der Waals surface area contributed by atoms with E-state index >= 15 is 0 Å². The molecule has 0 unspecified atom stereocenters. The molecular formula is C11H13NO3. The number of hydrogen-bond donors (Lipinski definition) is 1. The lowest BCUT2D eigenvalue weighted by Crippen LogP contribution is -1.89. The van der Waals surface area contributed by atoms with E-state index in [-0.39, 0.29) is 12.3 Å². The molecule has 0 aliphatic rings. The molecule has 0 fully saturated rings. The Labute approximate surface area is 88.0 Å². The monoisotopic (exact) mass is 207 g/mol. The maximum atomic E-state index is 10.6. The van der Waals surface area contributed by atoms with Crippen molar-refractivity contribution < 1.29 is 10.0 Å². The molecule has 0 radical (unpaired) electrons. The molecule has 0 aromatic heterocycles. The van der Waals surface area contributed by atoms with Crippen LogP contribution in [0.2, 0.25) is 0 Å². The van der Waals surface area contributed by atoms with E-state index in [9.17, 15) is 10.1 Å². The van der Waals surface area contributed by atoms with E-state index in [1.807, 2.05) is 13.0 Å². The number of nitro groups is 1. The van der Waals surface area contributed by atoms with Gasteiger partial charge < -0.3 is 5.11 Å². The predicted octanol–water partition coefficient (Wildman–Crippen LogP) is 2.30. The number of aryl methyl sites for hydroxylation is 1. The van der Waals surface area contributed by atoms with Gasteiger partial charge in [0.15, 0.2) is 0 Å². The number of aliphatic hydroxyl groups excluding tert-OH is 1. The average molecular weight is 207 g/mol. The van der Waals surface area contributed by atoms with Gasteiger partial charge in [0.2, 0.25) is 0 Å². The van der Waals surface area contributed by atoms with E-state index in [0.29, 0.717) is 6.42 Å². The second-order valence-corrected chi connectivity index (χ2v) is 3.27. The van der Waals surface area contributed by atoms with Crippen molar-refractivity contribution in [3.63, 3.8) is 0 Å². The van der Waals surface area contributed by atoms with E-state index in [4.69, 9.17) is 5.11 Å². The Morgan fingerprint density at radius 1 is 1.47 bits per heavy atom. The summed E-state index contributed by atoms with van der Waals surface area (Å²) < 4.78 is 0. The fourth-order valence-electron chi connectivity index (χ4n) is 1.29. The van der Waals surface area contributed by atoms with Crippen molar-refractivity contribution in [1.29, 1.82) is 0 Å². The Bertz CT molecular complexity index is 385. The van der Waals surface area contributed by atoms with Crippen LogP contribution in [0.1, 0.15) is 17.5 Å². The lowest BCUT2D eigenvalue weighted by molar-refractivity contribution is -0.384. The van der Waals surface area contributed by atoms with Gasteiger partial charge in [-0.15, -0.1) is 0 Å². The molecule has 0 aliphatic carbocycles. The van der Waals surface area contributed by atoms with Crippen molar-refractivity contribution in [3.8, 4) is 0 Å². The van der Waals surface area contributed by atoms with Crippen LogP contribution in [0.15, 0.2) is 24.3 Å². The van der Waals surface area contributed by atoms with Gasteiger partial charge in [-0.25, -0.2) is 0 Å². The molecule has 1 N–H and O–H groups in total. The number of nitro benzene ring substituents is 1. The molecule has 0 aliphatic heterocycles. The summed E-state index contributed by atoms with van der Waals surface area (Å²) in [7, 11) is 0. The molecule has 1 aromatic carbocycles. The minimum Gasteiger partial charge on any atom is -0.396 e. The number of non-ortho nitro benzene ring substituents is 1. The Balaban J connectivity index is 2.93. The number of nitrogens with zero attached hydrogens (tertiary/aromatic N) is 1.